The third-order valence-electron chi connectivity index (χ3n) is 4.13. The Labute approximate surface area is 179 Å². The molecular weight excluding hydrogens is 380 g/mol. The third-order valence-corrected chi connectivity index (χ3v) is 4.13. The maximum Gasteiger partial charge on any atom is 0.213 e. The highest BCUT2D eigenvalue weighted by Gasteiger charge is 2.07. The summed E-state index contributed by atoms with van der Waals surface area (Å²) in [5.74, 6) is 2.23. The number of guanidine groups is 1. The predicted molar refractivity (Wildman–Crippen MR) is 120 cm³/mol. The van der Waals surface area contributed by atoms with E-state index in [1.807, 2.05) is 32.9 Å². The molecule has 2 N–H and O–H groups in total. The molecule has 0 radical (unpaired) electrons. The van der Waals surface area contributed by atoms with E-state index in [1.165, 1.54) is 5.56 Å². The Bertz CT molecular complexity index is 792. The van der Waals surface area contributed by atoms with Crippen LogP contribution in [-0.4, -0.2) is 43.9 Å². The molecule has 7 heteroatoms. The van der Waals surface area contributed by atoms with Crippen LogP contribution in [0.15, 0.2) is 41.5 Å². The van der Waals surface area contributed by atoms with Crippen LogP contribution in [0.2, 0.25) is 0 Å². The summed E-state index contributed by atoms with van der Waals surface area (Å²) in [4.78, 5) is 8.98. The maximum absolute atomic E-state index is 5.97. The van der Waals surface area contributed by atoms with Gasteiger partial charge in [-0.15, -0.1) is 0 Å². The lowest BCUT2D eigenvalue weighted by molar-refractivity contribution is 0.143. The number of rotatable bonds is 11. The van der Waals surface area contributed by atoms with Gasteiger partial charge in [0, 0.05) is 38.0 Å². The van der Waals surface area contributed by atoms with Crippen LogP contribution in [0.1, 0.15) is 37.5 Å². The minimum Gasteiger partial charge on any atom is -0.491 e. The van der Waals surface area contributed by atoms with Crippen molar-refractivity contribution in [2.45, 2.75) is 46.9 Å². The minimum absolute atomic E-state index is 0.126. The van der Waals surface area contributed by atoms with Crippen molar-refractivity contribution in [3.05, 3.63) is 53.2 Å². The van der Waals surface area contributed by atoms with Gasteiger partial charge in [0.2, 0.25) is 5.88 Å². The number of aryl methyl sites for hydroxylation is 1. The van der Waals surface area contributed by atoms with E-state index in [2.05, 4.69) is 45.7 Å². The largest absolute Gasteiger partial charge is 0.491 e. The van der Waals surface area contributed by atoms with Crippen molar-refractivity contribution in [2.24, 2.45) is 4.99 Å². The molecule has 1 aromatic carbocycles. The predicted octanol–water partition coefficient (Wildman–Crippen LogP) is 3.46. The van der Waals surface area contributed by atoms with Gasteiger partial charge in [-0.3, -0.25) is 0 Å². The van der Waals surface area contributed by atoms with Gasteiger partial charge in [-0.2, -0.15) is 0 Å². The van der Waals surface area contributed by atoms with Gasteiger partial charge in [-0.1, -0.05) is 18.2 Å². The number of nitrogens with one attached hydrogen (secondary N) is 2. The second-order valence-corrected chi connectivity index (χ2v) is 7.17. The summed E-state index contributed by atoms with van der Waals surface area (Å²) in [5, 5.41) is 6.67. The average molecular weight is 415 g/mol. The van der Waals surface area contributed by atoms with E-state index < -0.39 is 0 Å². The monoisotopic (exact) mass is 414 g/mol. The fourth-order valence-corrected chi connectivity index (χ4v) is 2.68. The maximum atomic E-state index is 5.97. The van der Waals surface area contributed by atoms with Crippen molar-refractivity contribution in [1.82, 2.24) is 15.6 Å². The van der Waals surface area contributed by atoms with Crippen LogP contribution in [0.3, 0.4) is 0 Å². The third kappa shape index (κ3) is 8.29. The number of benzene rings is 1. The van der Waals surface area contributed by atoms with Gasteiger partial charge in [0.05, 0.1) is 19.3 Å². The summed E-state index contributed by atoms with van der Waals surface area (Å²) in [5.41, 5.74) is 3.28. The standard InChI is InChI=1S/C23H34N4O3/c1-6-24-23(26-15-19-8-10-22(25-14-19)29-12-11-28-5)27-16-20-9-7-18(4)13-21(20)30-17(2)3/h7-10,13-14,17H,6,11-12,15-16H2,1-5H3,(H2,24,26,27). The molecule has 164 valence electrons. The first-order chi connectivity index (χ1) is 14.5. The number of aromatic nitrogens is 1. The molecule has 7 nitrogen and oxygen atoms in total. The Hall–Kier alpha value is -2.80. The van der Waals surface area contributed by atoms with Gasteiger partial charge in [-0.25, -0.2) is 9.98 Å². The van der Waals surface area contributed by atoms with Crippen molar-refractivity contribution in [1.29, 1.82) is 0 Å². The van der Waals surface area contributed by atoms with E-state index in [1.54, 1.807) is 13.3 Å². The van der Waals surface area contributed by atoms with E-state index in [0.29, 0.717) is 32.2 Å². The van der Waals surface area contributed by atoms with E-state index in [0.717, 1.165) is 29.4 Å². The quantitative estimate of drug-likeness (QED) is 0.333. The highest BCUT2D eigenvalue weighted by atomic mass is 16.5. The smallest absolute Gasteiger partial charge is 0.213 e. The molecule has 1 heterocycles. The summed E-state index contributed by atoms with van der Waals surface area (Å²) in [6.07, 6.45) is 1.91. The Kier molecular flexibility index (Phi) is 9.94. The number of methoxy groups -OCH3 is 1. The molecule has 2 rings (SSSR count). The summed E-state index contributed by atoms with van der Waals surface area (Å²) in [7, 11) is 1.64. The summed E-state index contributed by atoms with van der Waals surface area (Å²) < 4.78 is 16.4. The zero-order chi connectivity index (χ0) is 21.8. The van der Waals surface area contributed by atoms with E-state index >= 15 is 0 Å². The van der Waals surface area contributed by atoms with Gasteiger partial charge in [0.25, 0.3) is 0 Å². The van der Waals surface area contributed by atoms with Crippen molar-refractivity contribution in [3.8, 4) is 11.6 Å². The number of ether oxygens (including phenoxy) is 3. The van der Waals surface area contributed by atoms with Crippen LogP contribution in [-0.2, 0) is 17.8 Å². The number of pyridine rings is 1. The summed E-state index contributed by atoms with van der Waals surface area (Å²) in [6.45, 7) is 11.1. The SMILES string of the molecule is CCNC(=NCc1ccc(OCCOC)nc1)NCc1ccc(C)cc1OC(C)C. The summed E-state index contributed by atoms with van der Waals surface area (Å²) in [6, 6.07) is 10.1. The van der Waals surface area contributed by atoms with Gasteiger partial charge in [0.1, 0.15) is 12.4 Å². The van der Waals surface area contributed by atoms with E-state index in [-0.39, 0.29) is 6.10 Å². The highest BCUT2D eigenvalue weighted by Crippen LogP contribution is 2.21. The molecule has 0 atom stereocenters. The average Bonchev–Trinajstić information content (AvgIpc) is 2.72. The van der Waals surface area contributed by atoms with Gasteiger partial charge < -0.3 is 24.8 Å². The van der Waals surface area contributed by atoms with Crippen LogP contribution in [0.25, 0.3) is 0 Å². The minimum atomic E-state index is 0.126. The number of aliphatic imine (C=N–C) groups is 1. The molecule has 30 heavy (non-hydrogen) atoms. The van der Waals surface area contributed by atoms with Crippen molar-refractivity contribution >= 4 is 5.96 Å². The molecule has 0 spiro atoms. The number of hydrogen-bond donors (Lipinski definition) is 2. The molecule has 0 amide bonds. The molecule has 0 bridgehead atoms. The molecule has 0 fully saturated rings. The van der Waals surface area contributed by atoms with Gasteiger partial charge in [-0.05, 0) is 44.9 Å². The normalized spacial score (nSPS) is 11.5. The zero-order valence-corrected chi connectivity index (χ0v) is 18.7. The topological polar surface area (TPSA) is 77.0 Å². The molecule has 0 saturated carbocycles. The Morgan fingerprint density at radius 2 is 1.97 bits per heavy atom. The molecule has 2 aromatic rings. The van der Waals surface area contributed by atoms with Crippen molar-refractivity contribution in [3.63, 3.8) is 0 Å². The Morgan fingerprint density at radius 3 is 2.63 bits per heavy atom. The lowest BCUT2D eigenvalue weighted by Gasteiger charge is -2.17. The first kappa shape index (κ1) is 23.5. The number of nitrogens with zero attached hydrogens (tertiary/aromatic N) is 2. The van der Waals surface area contributed by atoms with Crippen molar-refractivity contribution in [2.75, 3.05) is 26.9 Å². The first-order valence-electron chi connectivity index (χ1n) is 10.4. The van der Waals surface area contributed by atoms with Crippen LogP contribution in [0.5, 0.6) is 11.6 Å². The van der Waals surface area contributed by atoms with Crippen LogP contribution >= 0.6 is 0 Å². The van der Waals surface area contributed by atoms with Gasteiger partial charge >= 0.3 is 0 Å². The number of hydrogen-bond acceptors (Lipinski definition) is 5. The van der Waals surface area contributed by atoms with Crippen LogP contribution in [0.4, 0.5) is 0 Å². The van der Waals surface area contributed by atoms with Crippen molar-refractivity contribution < 1.29 is 14.2 Å². The van der Waals surface area contributed by atoms with Crippen LogP contribution in [0, 0.1) is 6.92 Å². The molecule has 0 aliphatic rings. The first-order valence-corrected chi connectivity index (χ1v) is 10.4. The van der Waals surface area contributed by atoms with Crippen LogP contribution < -0.4 is 20.1 Å². The summed E-state index contributed by atoms with van der Waals surface area (Å²) >= 11 is 0. The molecule has 1 aromatic heterocycles. The molecule has 0 saturated heterocycles. The highest BCUT2D eigenvalue weighted by molar-refractivity contribution is 5.79. The second kappa shape index (κ2) is 12.7. The molecule has 0 aliphatic heterocycles. The molecule has 0 unspecified atom stereocenters. The second-order valence-electron chi connectivity index (χ2n) is 7.17. The van der Waals surface area contributed by atoms with E-state index in [4.69, 9.17) is 14.2 Å². The lowest BCUT2D eigenvalue weighted by atomic mass is 10.1. The fraction of sp³-hybridized carbons (Fsp3) is 0.478. The molecular formula is C23H34N4O3. The Balaban J connectivity index is 1.98. The molecule has 0 aliphatic carbocycles. The van der Waals surface area contributed by atoms with Gasteiger partial charge in [0.15, 0.2) is 5.96 Å². The zero-order valence-electron chi connectivity index (χ0n) is 18.7. The Morgan fingerprint density at radius 1 is 1.13 bits per heavy atom. The van der Waals surface area contributed by atoms with E-state index in [9.17, 15) is 0 Å². The lowest BCUT2D eigenvalue weighted by Crippen LogP contribution is -2.36. The fourth-order valence-electron chi connectivity index (χ4n) is 2.68.